The molecule has 0 spiro atoms. The number of ether oxygens (including phenoxy) is 1. The molecule has 0 aliphatic carbocycles. The van der Waals surface area contributed by atoms with Gasteiger partial charge in [-0.2, -0.15) is 0 Å². The highest BCUT2D eigenvalue weighted by Crippen LogP contribution is 2.26. The maximum atomic E-state index is 12.9. The Labute approximate surface area is 174 Å². The van der Waals surface area contributed by atoms with Crippen LogP contribution in [0.4, 0.5) is 0 Å². The standard InChI is InChI=1S/C22H23ClN2O4/c1-29-21(27)13-19(17-8-2-3-9-18(17)23)24-22(28)16-7-4-6-15(12-16)14-25-11-5-10-20(25)26/h2-4,6-9,12,19H,5,10-11,13-14H2,1H3,(H,24,28). The number of likely N-dealkylation sites (tertiary alicyclic amines) is 1. The van der Waals surface area contributed by atoms with Gasteiger partial charge in [-0.1, -0.05) is 41.9 Å². The summed E-state index contributed by atoms with van der Waals surface area (Å²) in [5.41, 5.74) is 1.98. The Bertz CT molecular complexity index is 915. The number of methoxy groups -OCH3 is 1. The average molecular weight is 415 g/mol. The van der Waals surface area contributed by atoms with Crippen molar-refractivity contribution in [1.82, 2.24) is 10.2 Å². The number of amides is 2. The molecule has 1 atom stereocenters. The van der Waals surface area contributed by atoms with Crippen molar-refractivity contribution in [3.05, 3.63) is 70.2 Å². The summed E-state index contributed by atoms with van der Waals surface area (Å²) in [4.78, 5) is 38.4. The predicted octanol–water partition coefficient (Wildman–Crippen LogP) is 3.50. The van der Waals surface area contributed by atoms with Crippen LogP contribution in [0.1, 0.15) is 46.8 Å². The van der Waals surface area contributed by atoms with Gasteiger partial charge in [0.15, 0.2) is 0 Å². The Morgan fingerprint density at radius 1 is 1.21 bits per heavy atom. The molecule has 1 N–H and O–H groups in total. The number of rotatable bonds is 7. The number of nitrogens with one attached hydrogen (secondary N) is 1. The van der Waals surface area contributed by atoms with Crippen LogP contribution in [0.15, 0.2) is 48.5 Å². The Hall–Kier alpha value is -2.86. The summed E-state index contributed by atoms with van der Waals surface area (Å²) in [7, 11) is 1.30. The minimum atomic E-state index is -0.618. The first-order valence-electron chi connectivity index (χ1n) is 9.46. The lowest BCUT2D eigenvalue weighted by molar-refractivity contribution is -0.141. The van der Waals surface area contributed by atoms with Gasteiger partial charge in [0.05, 0.1) is 19.6 Å². The van der Waals surface area contributed by atoms with Crippen LogP contribution >= 0.6 is 11.6 Å². The van der Waals surface area contributed by atoms with E-state index in [1.165, 1.54) is 7.11 Å². The van der Waals surface area contributed by atoms with Gasteiger partial charge < -0.3 is 15.0 Å². The Morgan fingerprint density at radius 2 is 2.00 bits per heavy atom. The smallest absolute Gasteiger partial charge is 0.307 e. The van der Waals surface area contributed by atoms with Gasteiger partial charge in [-0.05, 0) is 35.7 Å². The van der Waals surface area contributed by atoms with Gasteiger partial charge >= 0.3 is 5.97 Å². The zero-order valence-corrected chi connectivity index (χ0v) is 16.9. The fraction of sp³-hybridized carbons (Fsp3) is 0.318. The molecule has 7 heteroatoms. The zero-order chi connectivity index (χ0) is 20.8. The van der Waals surface area contributed by atoms with Crippen LogP contribution < -0.4 is 5.32 Å². The second kappa shape index (κ2) is 9.56. The lowest BCUT2D eigenvalue weighted by Crippen LogP contribution is -2.31. The predicted molar refractivity (Wildman–Crippen MR) is 109 cm³/mol. The number of nitrogens with zero attached hydrogens (tertiary/aromatic N) is 1. The Morgan fingerprint density at radius 3 is 2.69 bits per heavy atom. The van der Waals surface area contributed by atoms with E-state index in [-0.39, 0.29) is 18.2 Å². The van der Waals surface area contributed by atoms with Crippen molar-refractivity contribution in [3.63, 3.8) is 0 Å². The van der Waals surface area contributed by atoms with E-state index in [0.717, 1.165) is 18.5 Å². The molecule has 6 nitrogen and oxygen atoms in total. The SMILES string of the molecule is COC(=O)CC(NC(=O)c1cccc(CN2CCCC2=O)c1)c1ccccc1Cl. The van der Waals surface area contributed by atoms with Crippen LogP contribution in [0.5, 0.6) is 0 Å². The summed E-state index contributed by atoms with van der Waals surface area (Å²) in [6.45, 7) is 1.22. The molecule has 2 aromatic rings. The highest BCUT2D eigenvalue weighted by molar-refractivity contribution is 6.31. The molecule has 3 rings (SSSR count). The number of hydrogen-bond acceptors (Lipinski definition) is 4. The molecular formula is C22H23ClN2O4. The van der Waals surface area contributed by atoms with Crippen molar-refractivity contribution < 1.29 is 19.1 Å². The van der Waals surface area contributed by atoms with Crippen LogP contribution in [0, 0.1) is 0 Å². The minimum absolute atomic E-state index is 0.0338. The van der Waals surface area contributed by atoms with Crippen molar-refractivity contribution in [2.45, 2.75) is 31.8 Å². The molecule has 1 unspecified atom stereocenters. The molecule has 1 heterocycles. The van der Waals surface area contributed by atoms with Crippen LogP contribution in [-0.2, 0) is 20.9 Å². The lowest BCUT2D eigenvalue weighted by Gasteiger charge is -2.20. The first kappa shape index (κ1) is 20.9. The van der Waals surface area contributed by atoms with Crippen molar-refractivity contribution in [3.8, 4) is 0 Å². The van der Waals surface area contributed by atoms with E-state index in [0.29, 0.717) is 29.1 Å². The summed E-state index contributed by atoms with van der Waals surface area (Å²) in [6, 6.07) is 13.6. The minimum Gasteiger partial charge on any atom is -0.469 e. The first-order valence-corrected chi connectivity index (χ1v) is 9.84. The van der Waals surface area contributed by atoms with E-state index >= 15 is 0 Å². The molecule has 0 bridgehead atoms. The van der Waals surface area contributed by atoms with E-state index < -0.39 is 12.0 Å². The van der Waals surface area contributed by atoms with Gasteiger partial charge in [0, 0.05) is 30.1 Å². The molecular weight excluding hydrogens is 392 g/mol. The number of esters is 1. The van der Waals surface area contributed by atoms with Gasteiger partial charge in [0.2, 0.25) is 5.91 Å². The van der Waals surface area contributed by atoms with E-state index in [1.807, 2.05) is 6.07 Å². The summed E-state index contributed by atoms with van der Waals surface area (Å²) in [5.74, 6) is -0.637. The third-order valence-corrected chi connectivity index (χ3v) is 5.26. The van der Waals surface area contributed by atoms with Crippen LogP contribution in [0.2, 0.25) is 5.02 Å². The number of benzene rings is 2. The maximum absolute atomic E-state index is 12.9. The number of carbonyl (C=O) groups excluding carboxylic acids is 3. The Kier molecular flexibility index (Phi) is 6.88. The maximum Gasteiger partial charge on any atom is 0.307 e. The normalized spacial score (nSPS) is 14.6. The third kappa shape index (κ3) is 5.35. The summed E-state index contributed by atoms with van der Waals surface area (Å²) < 4.78 is 4.76. The van der Waals surface area contributed by atoms with Crippen molar-refractivity contribution in [2.75, 3.05) is 13.7 Å². The van der Waals surface area contributed by atoms with Crippen LogP contribution in [0.25, 0.3) is 0 Å². The molecule has 29 heavy (non-hydrogen) atoms. The first-order chi connectivity index (χ1) is 14.0. The van der Waals surface area contributed by atoms with Gasteiger partial charge in [-0.25, -0.2) is 0 Å². The molecule has 1 aliphatic rings. The number of carbonyl (C=O) groups is 3. The molecule has 2 amide bonds. The molecule has 0 radical (unpaired) electrons. The number of halogens is 1. The average Bonchev–Trinajstić information content (AvgIpc) is 3.12. The Balaban J connectivity index is 1.77. The second-order valence-electron chi connectivity index (χ2n) is 6.95. The summed E-state index contributed by atoms with van der Waals surface area (Å²) >= 11 is 6.27. The van der Waals surface area contributed by atoms with E-state index in [9.17, 15) is 14.4 Å². The quantitative estimate of drug-likeness (QED) is 0.703. The molecule has 0 aromatic heterocycles. The molecule has 0 saturated carbocycles. The molecule has 2 aromatic carbocycles. The molecule has 152 valence electrons. The van der Waals surface area contributed by atoms with Crippen molar-refractivity contribution >= 4 is 29.4 Å². The van der Waals surface area contributed by atoms with Gasteiger partial charge in [0.1, 0.15) is 0 Å². The summed E-state index contributed by atoms with van der Waals surface area (Å²) in [6.07, 6.45) is 1.41. The largest absolute Gasteiger partial charge is 0.469 e. The lowest BCUT2D eigenvalue weighted by atomic mass is 10.0. The van der Waals surface area contributed by atoms with E-state index in [1.54, 1.807) is 47.4 Å². The summed E-state index contributed by atoms with van der Waals surface area (Å²) in [5, 5.41) is 3.34. The molecule has 1 aliphatic heterocycles. The zero-order valence-electron chi connectivity index (χ0n) is 16.2. The highest BCUT2D eigenvalue weighted by Gasteiger charge is 2.23. The van der Waals surface area contributed by atoms with Gasteiger partial charge in [0.25, 0.3) is 5.91 Å². The van der Waals surface area contributed by atoms with Gasteiger partial charge in [-0.3, -0.25) is 14.4 Å². The van der Waals surface area contributed by atoms with Crippen molar-refractivity contribution in [1.29, 1.82) is 0 Å². The molecule has 1 saturated heterocycles. The molecule has 1 fully saturated rings. The topological polar surface area (TPSA) is 75.7 Å². The van der Waals surface area contributed by atoms with Crippen LogP contribution in [0.3, 0.4) is 0 Å². The second-order valence-corrected chi connectivity index (χ2v) is 7.35. The number of hydrogen-bond donors (Lipinski definition) is 1. The van der Waals surface area contributed by atoms with Gasteiger partial charge in [-0.15, -0.1) is 0 Å². The van der Waals surface area contributed by atoms with Crippen LogP contribution in [-0.4, -0.2) is 36.3 Å². The van der Waals surface area contributed by atoms with Crippen molar-refractivity contribution in [2.24, 2.45) is 0 Å². The fourth-order valence-electron chi connectivity index (χ4n) is 3.39. The van der Waals surface area contributed by atoms with E-state index in [2.05, 4.69) is 5.32 Å². The monoisotopic (exact) mass is 414 g/mol. The highest BCUT2D eigenvalue weighted by atomic mass is 35.5. The fourth-order valence-corrected chi connectivity index (χ4v) is 3.66. The third-order valence-electron chi connectivity index (χ3n) is 4.92. The van der Waals surface area contributed by atoms with E-state index in [4.69, 9.17) is 16.3 Å².